The molecule has 0 atom stereocenters. The number of piperazine rings is 1. The molecule has 0 bridgehead atoms. The van der Waals surface area contributed by atoms with E-state index in [2.05, 4.69) is 58.0 Å². The first-order valence-corrected chi connectivity index (χ1v) is 9.99. The van der Waals surface area contributed by atoms with Crippen molar-refractivity contribution >= 4 is 11.5 Å². The van der Waals surface area contributed by atoms with Crippen LogP contribution in [0.15, 0.2) is 30.5 Å². The number of anilines is 2. The summed E-state index contributed by atoms with van der Waals surface area (Å²) in [7, 11) is 1.70. The Kier molecular flexibility index (Phi) is 6.55. The second kappa shape index (κ2) is 9.10. The van der Waals surface area contributed by atoms with Gasteiger partial charge in [-0.15, -0.1) is 0 Å². The van der Waals surface area contributed by atoms with Gasteiger partial charge in [0, 0.05) is 62.8 Å². The third-order valence-corrected chi connectivity index (χ3v) is 4.94. The molecule has 1 aromatic carbocycles. The minimum absolute atomic E-state index is 0.122. The van der Waals surface area contributed by atoms with Crippen molar-refractivity contribution in [2.24, 2.45) is 5.41 Å². The molecule has 1 aliphatic rings. The molecule has 0 radical (unpaired) electrons. The fourth-order valence-corrected chi connectivity index (χ4v) is 3.29. The van der Waals surface area contributed by atoms with Crippen LogP contribution in [0.1, 0.15) is 32.2 Å². The Morgan fingerprint density at radius 1 is 1.21 bits per heavy atom. The lowest BCUT2D eigenvalue weighted by Gasteiger charge is -2.36. The maximum absolute atomic E-state index is 9.15. The predicted molar refractivity (Wildman–Crippen MR) is 115 cm³/mol. The third-order valence-electron chi connectivity index (χ3n) is 4.94. The van der Waals surface area contributed by atoms with Gasteiger partial charge in [0.2, 0.25) is 5.82 Å². The highest BCUT2D eigenvalue weighted by atomic mass is 16.5. The van der Waals surface area contributed by atoms with E-state index < -0.39 is 0 Å². The maximum Gasteiger partial charge on any atom is 0.234 e. The molecule has 1 fully saturated rings. The van der Waals surface area contributed by atoms with Gasteiger partial charge < -0.3 is 15.0 Å². The van der Waals surface area contributed by atoms with Crippen LogP contribution in [0.3, 0.4) is 0 Å². The quantitative estimate of drug-likeness (QED) is 0.806. The summed E-state index contributed by atoms with van der Waals surface area (Å²) in [6.07, 6.45) is 1.78. The zero-order valence-corrected chi connectivity index (χ0v) is 17.8. The van der Waals surface area contributed by atoms with Crippen molar-refractivity contribution in [2.75, 3.05) is 50.1 Å². The Hall–Kier alpha value is -2.85. The summed E-state index contributed by atoms with van der Waals surface area (Å²) in [6, 6.07) is 10.2. The standard InChI is InChI=1S/C22H30N6O/c1-22(2,3)16-25-21-17(14-24-20(13-23)26-21)15-27-8-10-28(11-9-27)18-6-5-7-19(12-18)29-4/h5-7,12,14H,8-11,15-16H2,1-4H3,(H,24,25,26). The lowest BCUT2D eigenvalue weighted by atomic mass is 9.97. The predicted octanol–water partition coefficient (Wildman–Crippen LogP) is 3.14. The van der Waals surface area contributed by atoms with Gasteiger partial charge in [-0.25, -0.2) is 9.97 Å². The Balaban J connectivity index is 1.64. The summed E-state index contributed by atoms with van der Waals surface area (Å²) in [5, 5.41) is 12.6. The molecule has 2 heterocycles. The minimum atomic E-state index is 0.122. The van der Waals surface area contributed by atoms with Gasteiger partial charge in [0.15, 0.2) is 0 Å². The molecule has 0 aliphatic carbocycles. The van der Waals surface area contributed by atoms with E-state index in [1.807, 2.05) is 18.2 Å². The van der Waals surface area contributed by atoms with Crippen molar-refractivity contribution < 1.29 is 4.74 Å². The molecule has 0 amide bonds. The van der Waals surface area contributed by atoms with Crippen LogP contribution >= 0.6 is 0 Å². The smallest absolute Gasteiger partial charge is 0.234 e. The number of benzene rings is 1. The molecule has 154 valence electrons. The van der Waals surface area contributed by atoms with Crippen molar-refractivity contribution in [1.29, 1.82) is 5.26 Å². The van der Waals surface area contributed by atoms with Gasteiger partial charge in [0.1, 0.15) is 17.6 Å². The van der Waals surface area contributed by atoms with E-state index >= 15 is 0 Å². The zero-order valence-electron chi connectivity index (χ0n) is 17.8. The molecular formula is C22H30N6O. The summed E-state index contributed by atoms with van der Waals surface area (Å²) < 4.78 is 5.34. The zero-order chi connectivity index (χ0) is 20.9. The first-order chi connectivity index (χ1) is 13.9. The largest absolute Gasteiger partial charge is 0.497 e. The molecule has 3 rings (SSSR count). The van der Waals surface area contributed by atoms with Gasteiger partial charge in [-0.2, -0.15) is 5.26 Å². The van der Waals surface area contributed by atoms with Crippen LogP contribution < -0.4 is 15.0 Å². The van der Waals surface area contributed by atoms with Gasteiger partial charge in [-0.1, -0.05) is 26.8 Å². The average molecular weight is 395 g/mol. The average Bonchev–Trinajstić information content (AvgIpc) is 2.73. The van der Waals surface area contributed by atoms with E-state index in [0.717, 1.165) is 56.4 Å². The Morgan fingerprint density at radius 2 is 1.97 bits per heavy atom. The summed E-state index contributed by atoms with van der Waals surface area (Å²) in [6.45, 7) is 11.9. The molecule has 0 unspecified atom stereocenters. The number of nitrogens with one attached hydrogen (secondary N) is 1. The Bertz CT molecular complexity index is 862. The topological polar surface area (TPSA) is 77.3 Å². The highest BCUT2D eigenvalue weighted by Crippen LogP contribution is 2.23. The molecule has 7 nitrogen and oxygen atoms in total. The molecule has 1 saturated heterocycles. The number of hydrogen-bond acceptors (Lipinski definition) is 7. The second-order valence-electron chi connectivity index (χ2n) is 8.56. The molecule has 0 spiro atoms. The van der Waals surface area contributed by atoms with E-state index in [0.29, 0.717) is 0 Å². The second-order valence-corrected chi connectivity index (χ2v) is 8.56. The molecular weight excluding hydrogens is 364 g/mol. The molecule has 29 heavy (non-hydrogen) atoms. The summed E-state index contributed by atoms with van der Waals surface area (Å²) in [5.74, 6) is 1.85. The maximum atomic E-state index is 9.15. The molecule has 2 aromatic rings. The summed E-state index contributed by atoms with van der Waals surface area (Å²) in [5.41, 5.74) is 2.35. The van der Waals surface area contributed by atoms with E-state index in [9.17, 15) is 0 Å². The SMILES string of the molecule is COc1cccc(N2CCN(Cc3cnc(C#N)nc3NCC(C)(C)C)CC2)c1. The van der Waals surface area contributed by atoms with Gasteiger partial charge in [-0.3, -0.25) is 4.90 Å². The van der Waals surface area contributed by atoms with E-state index in [1.165, 1.54) is 5.69 Å². The van der Waals surface area contributed by atoms with Crippen LogP contribution in [0, 0.1) is 16.7 Å². The lowest BCUT2D eigenvalue weighted by Crippen LogP contribution is -2.46. The number of methoxy groups -OCH3 is 1. The van der Waals surface area contributed by atoms with Gasteiger partial charge in [-0.05, 0) is 17.5 Å². The number of aromatic nitrogens is 2. The first kappa shape index (κ1) is 20.9. The van der Waals surface area contributed by atoms with Gasteiger partial charge in [0.25, 0.3) is 0 Å². The molecule has 1 aromatic heterocycles. The Labute approximate surface area is 173 Å². The van der Waals surface area contributed by atoms with Crippen molar-refractivity contribution in [3.8, 4) is 11.8 Å². The number of rotatable bonds is 6. The molecule has 1 N–H and O–H groups in total. The Morgan fingerprint density at radius 3 is 2.62 bits per heavy atom. The monoisotopic (exact) mass is 394 g/mol. The molecule has 1 aliphatic heterocycles. The van der Waals surface area contributed by atoms with Crippen LogP contribution in [0.5, 0.6) is 5.75 Å². The van der Waals surface area contributed by atoms with Crippen LogP contribution in [0.25, 0.3) is 0 Å². The van der Waals surface area contributed by atoms with Crippen LogP contribution in [0.2, 0.25) is 0 Å². The van der Waals surface area contributed by atoms with Gasteiger partial charge in [0.05, 0.1) is 7.11 Å². The van der Waals surface area contributed by atoms with Crippen LogP contribution in [0.4, 0.5) is 11.5 Å². The van der Waals surface area contributed by atoms with Crippen LogP contribution in [-0.2, 0) is 6.54 Å². The van der Waals surface area contributed by atoms with Crippen LogP contribution in [-0.4, -0.2) is 54.7 Å². The highest BCUT2D eigenvalue weighted by molar-refractivity contribution is 5.51. The van der Waals surface area contributed by atoms with Crippen molar-refractivity contribution in [2.45, 2.75) is 27.3 Å². The summed E-state index contributed by atoms with van der Waals surface area (Å²) >= 11 is 0. The number of nitriles is 1. The normalized spacial score (nSPS) is 15.1. The third kappa shape index (κ3) is 5.81. The van der Waals surface area contributed by atoms with E-state index in [1.54, 1.807) is 13.3 Å². The highest BCUT2D eigenvalue weighted by Gasteiger charge is 2.20. The van der Waals surface area contributed by atoms with Crippen molar-refractivity contribution in [1.82, 2.24) is 14.9 Å². The molecule has 0 saturated carbocycles. The number of ether oxygens (including phenoxy) is 1. The first-order valence-electron chi connectivity index (χ1n) is 9.99. The fraction of sp³-hybridized carbons (Fsp3) is 0.500. The fourth-order valence-electron chi connectivity index (χ4n) is 3.29. The van der Waals surface area contributed by atoms with Gasteiger partial charge >= 0.3 is 0 Å². The lowest BCUT2D eigenvalue weighted by molar-refractivity contribution is 0.249. The summed E-state index contributed by atoms with van der Waals surface area (Å²) in [4.78, 5) is 13.4. The molecule has 7 heteroatoms. The van der Waals surface area contributed by atoms with Crippen molar-refractivity contribution in [3.05, 3.63) is 41.9 Å². The number of hydrogen-bond donors (Lipinski definition) is 1. The minimum Gasteiger partial charge on any atom is -0.497 e. The van der Waals surface area contributed by atoms with E-state index in [-0.39, 0.29) is 11.2 Å². The van der Waals surface area contributed by atoms with Crippen molar-refractivity contribution in [3.63, 3.8) is 0 Å². The van der Waals surface area contributed by atoms with E-state index in [4.69, 9.17) is 10.00 Å². The number of nitrogens with zero attached hydrogens (tertiary/aromatic N) is 5.